The molecule has 3 rings (SSSR count). The minimum absolute atomic E-state index is 0.843. The van der Waals surface area contributed by atoms with Crippen molar-refractivity contribution in [2.75, 3.05) is 12.4 Å². The predicted octanol–water partition coefficient (Wildman–Crippen LogP) is 5.03. The van der Waals surface area contributed by atoms with Gasteiger partial charge in [-0.05, 0) is 32.4 Å². The van der Waals surface area contributed by atoms with Gasteiger partial charge in [0.1, 0.15) is 5.82 Å². The smallest absolute Gasteiger partial charge is 0.148 e. The van der Waals surface area contributed by atoms with Crippen LogP contribution < -0.4 is 5.32 Å². The molecule has 0 spiro atoms. The maximum atomic E-state index is 4.95. The second-order valence-electron chi connectivity index (χ2n) is 6.06. The quantitative estimate of drug-likeness (QED) is 0.733. The van der Waals surface area contributed by atoms with Crippen LogP contribution in [0.5, 0.6) is 0 Å². The zero-order chi connectivity index (χ0) is 17.1. The van der Waals surface area contributed by atoms with Crippen LogP contribution in [0.4, 0.5) is 5.82 Å². The van der Waals surface area contributed by atoms with Gasteiger partial charge in [-0.25, -0.2) is 9.97 Å². The molecule has 1 aromatic heterocycles. The summed E-state index contributed by atoms with van der Waals surface area (Å²) in [5.41, 5.74) is 7.50. The van der Waals surface area contributed by atoms with Crippen molar-refractivity contribution in [3.63, 3.8) is 0 Å². The normalized spacial score (nSPS) is 10.7. The lowest BCUT2D eigenvalue weighted by Gasteiger charge is -2.14. The van der Waals surface area contributed by atoms with Crippen LogP contribution in [0.3, 0.4) is 0 Å². The lowest BCUT2D eigenvalue weighted by atomic mass is 10.0. The van der Waals surface area contributed by atoms with Gasteiger partial charge in [0, 0.05) is 18.2 Å². The van der Waals surface area contributed by atoms with Crippen LogP contribution >= 0.6 is 0 Å². The lowest BCUT2D eigenvalue weighted by molar-refractivity contribution is 1.01. The molecular weight excluding hydrogens is 294 g/mol. The third kappa shape index (κ3) is 3.16. The first-order valence-corrected chi connectivity index (χ1v) is 8.35. The molecule has 0 radical (unpaired) electrons. The van der Waals surface area contributed by atoms with Gasteiger partial charge in [-0.1, -0.05) is 54.4 Å². The first kappa shape index (κ1) is 16.2. The number of aryl methyl sites for hydroxylation is 3. The third-order valence-corrected chi connectivity index (χ3v) is 4.12. The molecule has 3 aromatic rings. The van der Waals surface area contributed by atoms with Crippen LogP contribution in [-0.2, 0) is 6.42 Å². The summed E-state index contributed by atoms with van der Waals surface area (Å²) in [6, 6.07) is 16.9. The zero-order valence-corrected chi connectivity index (χ0v) is 14.7. The van der Waals surface area contributed by atoms with E-state index in [4.69, 9.17) is 9.97 Å². The maximum Gasteiger partial charge on any atom is 0.148 e. The van der Waals surface area contributed by atoms with Gasteiger partial charge in [0.15, 0.2) is 0 Å². The first-order chi connectivity index (χ1) is 11.6. The highest BCUT2D eigenvalue weighted by Gasteiger charge is 2.15. The molecule has 0 aliphatic rings. The zero-order valence-electron chi connectivity index (χ0n) is 14.7. The summed E-state index contributed by atoms with van der Waals surface area (Å²) in [6.07, 6.45) is 0.843. The SMILES string of the molecule is CCc1nc(-c2cccc(C)c2)c(-c2cccc(C)c2)nc1NC. The van der Waals surface area contributed by atoms with E-state index in [0.29, 0.717) is 0 Å². The Morgan fingerprint density at radius 1 is 0.833 bits per heavy atom. The number of hydrogen-bond acceptors (Lipinski definition) is 3. The molecule has 0 unspecified atom stereocenters. The summed E-state index contributed by atoms with van der Waals surface area (Å²) in [6.45, 7) is 6.31. The number of rotatable bonds is 4. The Bertz CT molecular complexity index is 796. The molecule has 2 aromatic carbocycles. The summed E-state index contributed by atoms with van der Waals surface area (Å²) >= 11 is 0. The Kier molecular flexibility index (Phi) is 4.61. The Balaban J connectivity index is 2.29. The number of nitrogens with zero attached hydrogens (tertiary/aromatic N) is 2. The standard InChI is InChI=1S/C21H23N3/c1-5-18-21(22-4)24-20(17-11-7-9-15(3)13-17)19(23-18)16-10-6-8-14(2)12-16/h6-13H,5H2,1-4H3,(H,22,24). The number of benzene rings is 2. The molecule has 0 atom stereocenters. The van der Waals surface area contributed by atoms with Crippen molar-refractivity contribution < 1.29 is 0 Å². The molecule has 0 aliphatic heterocycles. The Morgan fingerprint density at radius 3 is 1.83 bits per heavy atom. The van der Waals surface area contributed by atoms with E-state index in [1.54, 1.807) is 0 Å². The Hall–Kier alpha value is -2.68. The summed E-state index contributed by atoms with van der Waals surface area (Å²) < 4.78 is 0. The summed E-state index contributed by atoms with van der Waals surface area (Å²) in [7, 11) is 1.90. The van der Waals surface area contributed by atoms with Crippen molar-refractivity contribution in [3.05, 3.63) is 65.4 Å². The first-order valence-electron chi connectivity index (χ1n) is 8.35. The van der Waals surface area contributed by atoms with Gasteiger partial charge in [0.2, 0.25) is 0 Å². The highest BCUT2D eigenvalue weighted by molar-refractivity contribution is 5.79. The van der Waals surface area contributed by atoms with E-state index < -0.39 is 0 Å². The molecule has 0 aliphatic carbocycles. The molecule has 0 fully saturated rings. The van der Waals surface area contributed by atoms with E-state index in [2.05, 4.69) is 74.6 Å². The molecule has 0 bridgehead atoms. The number of hydrogen-bond donors (Lipinski definition) is 1. The van der Waals surface area contributed by atoms with Gasteiger partial charge in [0.25, 0.3) is 0 Å². The number of anilines is 1. The maximum absolute atomic E-state index is 4.95. The van der Waals surface area contributed by atoms with Gasteiger partial charge >= 0.3 is 0 Å². The molecule has 3 heteroatoms. The fourth-order valence-electron chi connectivity index (χ4n) is 2.90. The van der Waals surface area contributed by atoms with Gasteiger partial charge in [-0.3, -0.25) is 0 Å². The van der Waals surface area contributed by atoms with Crippen LogP contribution in [0.2, 0.25) is 0 Å². The van der Waals surface area contributed by atoms with Gasteiger partial charge in [-0.15, -0.1) is 0 Å². The van der Waals surface area contributed by atoms with Crippen molar-refractivity contribution in [2.45, 2.75) is 27.2 Å². The summed E-state index contributed by atoms with van der Waals surface area (Å²) in [5.74, 6) is 0.852. The number of aromatic nitrogens is 2. The van der Waals surface area contributed by atoms with Crippen LogP contribution in [0, 0.1) is 13.8 Å². The van der Waals surface area contributed by atoms with E-state index in [1.165, 1.54) is 11.1 Å². The molecule has 3 nitrogen and oxygen atoms in total. The van der Waals surface area contributed by atoms with Gasteiger partial charge in [0.05, 0.1) is 17.1 Å². The molecule has 1 N–H and O–H groups in total. The average Bonchev–Trinajstić information content (AvgIpc) is 2.60. The molecule has 1 heterocycles. The van der Waals surface area contributed by atoms with Crippen LogP contribution in [0.15, 0.2) is 48.5 Å². The monoisotopic (exact) mass is 317 g/mol. The molecule has 122 valence electrons. The van der Waals surface area contributed by atoms with Crippen molar-refractivity contribution in [1.82, 2.24) is 9.97 Å². The minimum atomic E-state index is 0.843. The molecule has 0 saturated heterocycles. The third-order valence-electron chi connectivity index (χ3n) is 4.12. The minimum Gasteiger partial charge on any atom is -0.372 e. The average molecular weight is 317 g/mol. The lowest BCUT2D eigenvalue weighted by Crippen LogP contribution is -2.05. The molecule has 0 saturated carbocycles. The molecule has 0 amide bonds. The summed E-state index contributed by atoms with van der Waals surface area (Å²) in [4.78, 5) is 9.86. The van der Waals surface area contributed by atoms with Crippen molar-refractivity contribution in [3.8, 4) is 22.5 Å². The predicted molar refractivity (Wildman–Crippen MR) is 101 cm³/mol. The van der Waals surface area contributed by atoms with E-state index in [0.717, 1.165) is 40.4 Å². The number of nitrogens with one attached hydrogen (secondary N) is 1. The van der Waals surface area contributed by atoms with E-state index >= 15 is 0 Å². The summed E-state index contributed by atoms with van der Waals surface area (Å²) in [5, 5.41) is 3.19. The Morgan fingerprint density at radius 2 is 1.38 bits per heavy atom. The highest BCUT2D eigenvalue weighted by Crippen LogP contribution is 2.32. The van der Waals surface area contributed by atoms with Crippen LogP contribution in [-0.4, -0.2) is 17.0 Å². The molecule has 24 heavy (non-hydrogen) atoms. The Labute approximate surface area is 143 Å². The van der Waals surface area contributed by atoms with E-state index in [1.807, 2.05) is 7.05 Å². The highest BCUT2D eigenvalue weighted by atomic mass is 15.0. The van der Waals surface area contributed by atoms with Crippen molar-refractivity contribution in [2.24, 2.45) is 0 Å². The van der Waals surface area contributed by atoms with Crippen LogP contribution in [0.25, 0.3) is 22.5 Å². The molecular formula is C21H23N3. The van der Waals surface area contributed by atoms with Crippen LogP contribution in [0.1, 0.15) is 23.7 Å². The van der Waals surface area contributed by atoms with E-state index in [-0.39, 0.29) is 0 Å². The van der Waals surface area contributed by atoms with Gasteiger partial charge < -0.3 is 5.32 Å². The second-order valence-corrected chi connectivity index (χ2v) is 6.06. The fourth-order valence-corrected chi connectivity index (χ4v) is 2.90. The largest absolute Gasteiger partial charge is 0.372 e. The van der Waals surface area contributed by atoms with Gasteiger partial charge in [-0.2, -0.15) is 0 Å². The second kappa shape index (κ2) is 6.83. The van der Waals surface area contributed by atoms with E-state index in [9.17, 15) is 0 Å². The fraction of sp³-hybridized carbons (Fsp3) is 0.238. The van der Waals surface area contributed by atoms with Crippen molar-refractivity contribution in [1.29, 1.82) is 0 Å². The topological polar surface area (TPSA) is 37.8 Å². The van der Waals surface area contributed by atoms with Crippen molar-refractivity contribution >= 4 is 5.82 Å².